The van der Waals surface area contributed by atoms with Crippen LogP contribution in [0.3, 0.4) is 0 Å². The van der Waals surface area contributed by atoms with Gasteiger partial charge in [-0.3, -0.25) is 14.6 Å². The Labute approximate surface area is 191 Å². The molecule has 0 spiro atoms. The maximum atomic E-state index is 13.3. The largest absolute Gasteiger partial charge is 0.379 e. The van der Waals surface area contributed by atoms with Gasteiger partial charge in [0.1, 0.15) is 0 Å². The zero-order valence-corrected chi connectivity index (χ0v) is 20.0. The number of hydrogen-bond donors (Lipinski definition) is 0. The molecule has 0 unspecified atom stereocenters. The summed E-state index contributed by atoms with van der Waals surface area (Å²) in [5, 5.41) is 1.38. The lowest BCUT2D eigenvalue weighted by atomic mass is 10.2. The van der Waals surface area contributed by atoms with Crippen LogP contribution in [-0.4, -0.2) is 55.2 Å². The number of halogens is 2. The maximum absolute atomic E-state index is 13.3. The lowest BCUT2D eigenvalue weighted by Gasteiger charge is -2.27. The Morgan fingerprint density at radius 3 is 2.76 bits per heavy atom. The van der Waals surface area contributed by atoms with Gasteiger partial charge >= 0.3 is 0 Å². The number of anilines is 1. The SMILES string of the molecule is Cc1ccc(Cl)c2sc(N(CCCN3CCOCC3)C(=O)c3ccc(Br)s3)nc12. The highest BCUT2D eigenvalue weighted by atomic mass is 79.9. The summed E-state index contributed by atoms with van der Waals surface area (Å²) in [4.78, 5) is 23.0. The summed E-state index contributed by atoms with van der Waals surface area (Å²) in [7, 11) is 0. The van der Waals surface area contributed by atoms with Gasteiger partial charge < -0.3 is 4.74 Å². The number of ether oxygens (including phenoxy) is 1. The van der Waals surface area contributed by atoms with Crippen LogP contribution in [0, 0.1) is 6.92 Å². The van der Waals surface area contributed by atoms with Gasteiger partial charge in [-0.2, -0.15) is 0 Å². The Morgan fingerprint density at radius 2 is 2.07 bits per heavy atom. The molecule has 154 valence electrons. The second kappa shape index (κ2) is 9.41. The van der Waals surface area contributed by atoms with E-state index in [-0.39, 0.29) is 5.91 Å². The van der Waals surface area contributed by atoms with E-state index in [1.165, 1.54) is 22.7 Å². The number of aromatic nitrogens is 1. The number of thiophene rings is 1. The fourth-order valence-corrected chi connectivity index (χ4v) is 6.01. The third-order valence-corrected chi connectivity index (χ3v) is 8.06. The molecule has 2 aromatic heterocycles. The molecule has 0 bridgehead atoms. The third-order valence-electron chi connectivity index (χ3n) is 4.91. The minimum absolute atomic E-state index is 0.0180. The predicted octanol–water partition coefficient (Wildman–Crippen LogP) is 5.45. The van der Waals surface area contributed by atoms with Crippen LogP contribution >= 0.6 is 50.2 Å². The molecule has 1 amide bonds. The molecular formula is C20H21BrClN3O2S2. The topological polar surface area (TPSA) is 45.7 Å². The number of morpholine rings is 1. The fourth-order valence-electron chi connectivity index (χ4n) is 3.33. The number of rotatable bonds is 6. The van der Waals surface area contributed by atoms with Crippen molar-refractivity contribution in [3.05, 3.63) is 43.5 Å². The number of thiazole rings is 1. The van der Waals surface area contributed by atoms with Crippen molar-refractivity contribution < 1.29 is 9.53 Å². The quantitative estimate of drug-likeness (QED) is 0.439. The van der Waals surface area contributed by atoms with Crippen LogP contribution in [-0.2, 0) is 4.74 Å². The first kappa shape index (κ1) is 21.2. The monoisotopic (exact) mass is 513 g/mol. The van der Waals surface area contributed by atoms with Gasteiger partial charge in [0.25, 0.3) is 5.91 Å². The number of fused-ring (bicyclic) bond motifs is 1. The number of aryl methyl sites for hydroxylation is 1. The van der Waals surface area contributed by atoms with Crippen molar-refractivity contribution in [1.29, 1.82) is 0 Å². The molecule has 29 heavy (non-hydrogen) atoms. The molecule has 1 aromatic carbocycles. The van der Waals surface area contributed by atoms with E-state index in [0.29, 0.717) is 21.6 Å². The second-order valence-corrected chi connectivity index (χ2v) is 10.8. The van der Waals surface area contributed by atoms with E-state index >= 15 is 0 Å². The highest BCUT2D eigenvalue weighted by Crippen LogP contribution is 2.36. The second-order valence-electron chi connectivity index (χ2n) is 6.91. The van der Waals surface area contributed by atoms with Crippen molar-refractivity contribution in [1.82, 2.24) is 9.88 Å². The standard InChI is InChI=1S/C20H21BrClN3O2S2/c1-13-3-4-14(22)18-17(13)23-20(29-18)25(19(26)15-5-6-16(21)28-15)8-2-7-24-9-11-27-12-10-24/h3-6H,2,7-12H2,1H3. The van der Waals surface area contributed by atoms with Crippen molar-refractivity contribution in [3.8, 4) is 0 Å². The Balaban J connectivity index is 1.59. The number of carbonyl (C=O) groups is 1. The van der Waals surface area contributed by atoms with E-state index in [4.69, 9.17) is 21.3 Å². The van der Waals surface area contributed by atoms with Crippen molar-refractivity contribution >= 4 is 71.5 Å². The number of benzene rings is 1. The molecule has 5 nitrogen and oxygen atoms in total. The van der Waals surface area contributed by atoms with Gasteiger partial charge in [-0.15, -0.1) is 11.3 Å². The zero-order valence-electron chi connectivity index (χ0n) is 16.0. The lowest BCUT2D eigenvalue weighted by molar-refractivity contribution is 0.0376. The summed E-state index contributed by atoms with van der Waals surface area (Å²) >= 11 is 12.8. The minimum Gasteiger partial charge on any atom is -0.379 e. The van der Waals surface area contributed by atoms with Crippen molar-refractivity contribution in [3.63, 3.8) is 0 Å². The molecule has 0 saturated carbocycles. The molecule has 3 heterocycles. The number of hydrogen-bond acceptors (Lipinski definition) is 6. The normalized spacial score (nSPS) is 15.1. The summed E-state index contributed by atoms with van der Waals surface area (Å²) in [6.07, 6.45) is 0.876. The zero-order chi connectivity index (χ0) is 20.4. The summed E-state index contributed by atoms with van der Waals surface area (Å²) in [6, 6.07) is 7.62. The van der Waals surface area contributed by atoms with E-state index in [1.807, 2.05) is 31.2 Å². The Morgan fingerprint density at radius 1 is 1.28 bits per heavy atom. The molecule has 0 N–H and O–H groups in total. The van der Waals surface area contributed by atoms with Crippen LogP contribution < -0.4 is 4.90 Å². The van der Waals surface area contributed by atoms with Gasteiger partial charge in [-0.1, -0.05) is 29.0 Å². The third kappa shape index (κ3) is 4.84. The highest BCUT2D eigenvalue weighted by molar-refractivity contribution is 9.11. The van der Waals surface area contributed by atoms with Crippen molar-refractivity contribution in [2.75, 3.05) is 44.3 Å². The van der Waals surface area contributed by atoms with E-state index in [0.717, 1.165) is 58.8 Å². The molecule has 3 aromatic rings. The molecule has 4 rings (SSSR count). The first-order valence-corrected chi connectivity index (χ1v) is 12.3. The summed E-state index contributed by atoms with van der Waals surface area (Å²) < 4.78 is 7.29. The average molecular weight is 515 g/mol. The molecule has 0 radical (unpaired) electrons. The van der Waals surface area contributed by atoms with Crippen LogP contribution in [0.15, 0.2) is 28.1 Å². The maximum Gasteiger partial charge on any atom is 0.270 e. The van der Waals surface area contributed by atoms with Gasteiger partial charge in [0, 0.05) is 26.2 Å². The van der Waals surface area contributed by atoms with Crippen LogP contribution in [0.1, 0.15) is 21.7 Å². The number of carbonyl (C=O) groups excluding carboxylic acids is 1. The Bertz CT molecular complexity index is 977. The first-order valence-electron chi connectivity index (χ1n) is 9.46. The van der Waals surface area contributed by atoms with Crippen LogP contribution in [0.4, 0.5) is 5.13 Å². The van der Waals surface area contributed by atoms with E-state index in [9.17, 15) is 4.79 Å². The molecule has 1 saturated heterocycles. The average Bonchev–Trinajstić information content (AvgIpc) is 3.36. The van der Waals surface area contributed by atoms with Gasteiger partial charge in [0.2, 0.25) is 0 Å². The Hall–Kier alpha value is -1.03. The van der Waals surface area contributed by atoms with Gasteiger partial charge in [-0.25, -0.2) is 4.98 Å². The number of nitrogens with zero attached hydrogens (tertiary/aromatic N) is 3. The van der Waals surface area contributed by atoms with E-state index < -0.39 is 0 Å². The van der Waals surface area contributed by atoms with E-state index in [2.05, 4.69) is 20.8 Å². The molecule has 0 atom stereocenters. The summed E-state index contributed by atoms with van der Waals surface area (Å²) in [5.41, 5.74) is 1.93. The highest BCUT2D eigenvalue weighted by Gasteiger charge is 2.24. The molecule has 1 fully saturated rings. The van der Waals surface area contributed by atoms with Gasteiger partial charge in [0.05, 0.1) is 37.1 Å². The number of amides is 1. The summed E-state index contributed by atoms with van der Waals surface area (Å²) in [5.74, 6) is -0.0180. The fraction of sp³-hybridized carbons (Fsp3) is 0.400. The Kier molecular flexibility index (Phi) is 6.88. The predicted molar refractivity (Wildman–Crippen MR) is 125 cm³/mol. The molecule has 9 heteroatoms. The minimum atomic E-state index is -0.0180. The van der Waals surface area contributed by atoms with Crippen LogP contribution in [0.5, 0.6) is 0 Å². The van der Waals surface area contributed by atoms with E-state index in [1.54, 1.807) is 4.90 Å². The first-order chi connectivity index (χ1) is 14.0. The summed E-state index contributed by atoms with van der Waals surface area (Å²) in [6.45, 7) is 7.02. The molecule has 1 aliphatic heterocycles. The molecular weight excluding hydrogens is 494 g/mol. The lowest BCUT2D eigenvalue weighted by Crippen LogP contribution is -2.39. The van der Waals surface area contributed by atoms with Crippen molar-refractivity contribution in [2.45, 2.75) is 13.3 Å². The smallest absolute Gasteiger partial charge is 0.270 e. The van der Waals surface area contributed by atoms with Gasteiger partial charge in [-0.05, 0) is 53.0 Å². The van der Waals surface area contributed by atoms with Gasteiger partial charge in [0.15, 0.2) is 5.13 Å². The van der Waals surface area contributed by atoms with Crippen molar-refractivity contribution in [2.24, 2.45) is 0 Å². The molecule has 0 aliphatic carbocycles. The van der Waals surface area contributed by atoms with Crippen LogP contribution in [0.25, 0.3) is 10.2 Å². The molecule has 1 aliphatic rings. The van der Waals surface area contributed by atoms with Crippen LogP contribution in [0.2, 0.25) is 5.02 Å².